The first-order chi connectivity index (χ1) is 6.74. The molecule has 0 saturated carbocycles. The van der Waals surface area contributed by atoms with Crippen molar-refractivity contribution < 1.29 is 4.74 Å². The monoisotopic (exact) mass is 211 g/mol. The number of benzene rings is 1. The summed E-state index contributed by atoms with van der Waals surface area (Å²) in [6.45, 7) is 2.70. The van der Waals surface area contributed by atoms with E-state index < -0.39 is 0 Å². The van der Waals surface area contributed by atoms with E-state index in [0.717, 1.165) is 22.6 Å². The largest absolute Gasteiger partial charge is 0.372 e. The van der Waals surface area contributed by atoms with Crippen LogP contribution in [0.2, 0.25) is 5.02 Å². The zero-order valence-corrected chi connectivity index (χ0v) is 8.92. The van der Waals surface area contributed by atoms with Crippen LogP contribution in [0.5, 0.6) is 0 Å². The van der Waals surface area contributed by atoms with Crippen LogP contribution in [0.25, 0.3) is 0 Å². The molecule has 0 fully saturated rings. The lowest BCUT2D eigenvalue weighted by molar-refractivity contribution is 0.00684. The van der Waals surface area contributed by atoms with Gasteiger partial charge in [0.05, 0.1) is 18.8 Å². The van der Waals surface area contributed by atoms with E-state index in [2.05, 4.69) is 6.92 Å². The SMILES string of the molecule is CC[C@@H]1OCc2cccc(Cl)c2C1N. The Bertz CT molecular complexity index is 340. The Balaban J connectivity index is 2.43. The van der Waals surface area contributed by atoms with E-state index in [9.17, 15) is 0 Å². The van der Waals surface area contributed by atoms with Crippen molar-refractivity contribution in [3.63, 3.8) is 0 Å². The highest BCUT2D eigenvalue weighted by Gasteiger charge is 2.27. The summed E-state index contributed by atoms with van der Waals surface area (Å²) in [4.78, 5) is 0. The van der Waals surface area contributed by atoms with Gasteiger partial charge in [0.1, 0.15) is 0 Å². The summed E-state index contributed by atoms with van der Waals surface area (Å²) in [5.74, 6) is 0. The lowest BCUT2D eigenvalue weighted by Crippen LogP contribution is -2.33. The van der Waals surface area contributed by atoms with E-state index in [1.807, 2.05) is 18.2 Å². The topological polar surface area (TPSA) is 35.2 Å². The molecule has 1 aliphatic heterocycles. The molecule has 1 aliphatic rings. The van der Waals surface area contributed by atoms with Gasteiger partial charge in [0.2, 0.25) is 0 Å². The van der Waals surface area contributed by atoms with Gasteiger partial charge in [-0.3, -0.25) is 0 Å². The molecule has 76 valence electrons. The second-order valence-corrected chi connectivity index (χ2v) is 4.00. The van der Waals surface area contributed by atoms with Gasteiger partial charge in [-0.15, -0.1) is 0 Å². The van der Waals surface area contributed by atoms with E-state index in [-0.39, 0.29) is 12.1 Å². The van der Waals surface area contributed by atoms with Crippen molar-refractivity contribution in [1.29, 1.82) is 0 Å². The first-order valence-corrected chi connectivity index (χ1v) is 5.26. The van der Waals surface area contributed by atoms with Crippen molar-refractivity contribution >= 4 is 11.6 Å². The fourth-order valence-electron chi connectivity index (χ4n) is 1.94. The van der Waals surface area contributed by atoms with Crippen LogP contribution in [0.1, 0.15) is 30.5 Å². The molecule has 2 atom stereocenters. The predicted octanol–water partition coefficient (Wildman–Crippen LogP) is 2.65. The highest BCUT2D eigenvalue weighted by atomic mass is 35.5. The Labute approximate surface area is 89.0 Å². The third kappa shape index (κ3) is 1.54. The van der Waals surface area contributed by atoms with Gasteiger partial charge in [-0.05, 0) is 23.6 Å². The Morgan fingerprint density at radius 3 is 3.07 bits per heavy atom. The predicted molar refractivity (Wildman–Crippen MR) is 57.2 cm³/mol. The van der Waals surface area contributed by atoms with Gasteiger partial charge in [0.15, 0.2) is 0 Å². The first kappa shape index (κ1) is 9.97. The summed E-state index contributed by atoms with van der Waals surface area (Å²) in [5.41, 5.74) is 8.27. The van der Waals surface area contributed by atoms with E-state index in [4.69, 9.17) is 22.1 Å². The van der Waals surface area contributed by atoms with Crippen LogP contribution >= 0.6 is 11.6 Å². The molecule has 0 aliphatic carbocycles. The molecule has 0 radical (unpaired) electrons. The normalized spacial score (nSPS) is 25.9. The van der Waals surface area contributed by atoms with E-state index in [0.29, 0.717) is 6.61 Å². The minimum absolute atomic E-state index is 0.0857. The van der Waals surface area contributed by atoms with Gasteiger partial charge in [0.25, 0.3) is 0 Å². The smallest absolute Gasteiger partial charge is 0.0770 e. The van der Waals surface area contributed by atoms with Crippen LogP contribution in [-0.4, -0.2) is 6.10 Å². The molecule has 1 aromatic rings. The summed E-state index contributed by atoms with van der Waals surface area (Å²) in [6, 6.07) is 5.76. The highest BCUT2D eigenvalue weighted by Crippen LogP contribution is 2.34. The molecule has 1 heterocycles. The van der Waals surface area contributed by atoms with Gasteiger partial charge < -0.3 is 10.5 Å². The average molecular weight is 212 g/mol. The van der Waals surface area contributed by atoms with E-state index in [1.54, 1.807) is 0 Å². The molecule has 14 heavy (non-hydrogen) atoms. The van der Waals surface area contributed by atoms with Crippen LogP contribution in [-0.2, 0) is 11.3 Å². The molecule has 0 saturated heterocycles. The Morgan fingerprint density at radius 2 is 2.36 bits per heavy atom. The minimum atomic E-state index is -0.0857. The summed E-state index contributed by atoms with van der Waals surface area (Å²) in [7, 11) is 0. The van der Waals surface area contributed by atoms with Crippen LogP contribution in [0.4, 0.5) is 0 Å². The third-order valence-electron chi connectivity index (χ3n) is 2.73. The van der Waals surface area contributed by atoms with E-state index in [1.165, 1.54) is 0 Å². The van der Waals surface area contributed by atoms with Crippen molar-refractivity contribution in [2.45, 2.75) is 32.1 Å². The Hall–Kier alpha value is -0.570. The van der Waals surface area contributed by atoms with Crippen LogP contribution in [0.15, 0.2) is 18.2 Å². The van der Waals surface area contributed by atoms with Gasteiger partial charge in [-0.1, -0.05) is 30.7 Å². The summed E-state index contributed by atoms with van der Waals surface area (Å²) >= 11 is 6.12. The standard InChI is InChI=1S/C11H14ClNO/c1-2-9-11(13)10-7(6-14-9)4-3-5-8(10)12/h3-5,9,11H,2,6,13H2,1H3/t9-,11?/m0/s1. The second-order valence-electron chi connectivity index (χ2n) is 3.60. The maximum absolute atomic E-state index is 6.12. The highest BCUT2D eigenvalue weighted by molar-refractivity contribution is 6.31. The minimum Gasteiger partial charge on any atom is -0.372 e. The maximum atomic E-state index is 6.12. The molecule has 2 rings (SSSR count). The molecular weight excluding hydrogens is 198 g/mol. The molecule has 0 bridgehead atoms. The molecule has 3 heteroatoms. The average Bonchev–Trinajstić information content (AvgIpc) is 2.18. The molecule has 2 nitrogen and oxygen atoms in total. The number of fused-ring (bicyclic) bond motifs is 1. The summed E-state index contributed by atoms with van der Waals surface area (Å²) in [5, 5.41) is 0.761. The summed E-state index contributed by atoms with van der Waals surface area (Å²) in [6.07, 6.45) is 1.02. The fraction of sp³-hybridized carbons (Fsp3) is 0.455. The lowest BCUT2D eigenvalue weighted by atomic mass is 9.93. The van der Waals surface area contributed by atoms with Gasteiger partial charge in [-0.2, -0.15) is 0 Å². The third-order valence-corrected chi connectivity index (χ3v) is 3.06. The maximum Gasteiger partial charge on any atom is 0.0770 e. The molecule has 1 unspecified atom stereocenters. The second kappa shape index (κ2) is 3.89. The Kier molecular flexibility index (Phi) is 2.77. The number of nitrogens with two attached hydrogens (primary N) is 1. The first-order valence-electron chi connectivity index (χ1n) is 4.88. The Morgan fingerprint density at radius 1 is 1.57 bits per heavy atom. The molecular formula is C11H14ClNO. The van der Waals surface area contributed by atoms with Crippen molar-refractivity contribution in [3.8, 4) is 0 Å². The zero-order chi connectivity index (χ0) is 10.1. The van der Waals surface area contributed by atoms with Gasteiger partial charge >= 0.3 is 0 Å². The molecule has 0 spiro atoms. The number of rotatable bonds is 1. The van der Waals surface area contributed by atoms with E-state index >= 15 is 0 Å². The summed E-state index contributed by atoms with van der Waals surface area (Å²) < 4.78 is 5.64. The van der Waals surface area contributed by atoms with Crippen LogP contribution in [0.3, 0.4) is 0 Å². The molecule has 0 amide bonds. The number of ether oxygens (including phenoxy) is 1. The molecule has 0 aromatic heterocycles. The van der Waals surface area contributed by atoms with Crippen LogP contribution in [0, 0.1) is 0 Å². The van der Waals surface area contributed by atoms with Crippen molar-refractivity contribution in [2.24, 2.45) is 5.73 Å². The van der Waals surface area contributed by atoms with Crippen molar-refractivity contribution in [1.82, 2.24) is 0 Å². The van der Waals surface area contributed by atoms with Crippen molar-refractivity contribution in [2.75, 3.05) is 0 Å². The number of hydrogen-bond donors (Lipinski definition) is 1. The van der Waals surface area contributed by atoms with Gasteiger partial charge in [-0.25, -0.2) is 0 Å². The quantitative estimate of drug-likeness (QED) is 0.775. The number of halogens is 1. The van der Waals surface area contributed by atoms with Crippen molar-refractivity contribution in [3.05, 3.63) is 34.3 Å². The van der Waals surface area contributed by atoms with Gasteiger partial charge in [0, 0.05) is 5.02 Å². The zero-order valence-electron chi connectivity index (χ0n) is 8.16. The molecule has 2 N–H and O–H groups in total. The molecule has 1 aromatic carbocycles. The number of hydrogen-bond acceptors (Lipinski definition) is 2. The fourth-order valence-corrected chi connectivity index (χ4v) is 2.26. The van der Waals surface area contributed by atoms with Crippen LogP contribution < -0.4 is 5.73 Å². The lowest BCUT2D eigenvalue weighted by Gasteiger charge is -2.31.